The lowest BCUT2D eigenvalue weighted by Gasteiger charge is -2.17. The summed E-state index contributed by atoms with van der Waals surface area (Å²) in [5, 5.41) is 0. The Morgan fingerprint density at radius 2 is 1.91 bits per heavy atom. The van der Waals surface area contributed by atoms with Crippen molar-refractivity contribution in [2.45, 2.75) is 20.3 Å². The van der Waals surface area contributed by atoms with E-state index in [1.807, 2.05) is 0 Å². The maximum Gasteiger partial charge on any atom is 0.148 e. The van der Waals surface area contributed by atoms with Crippen molar-refractivity contribution in [2.75, 3.05) is 6.54 Å². The molecule has 0 saturated carbocycles. The molecule has 0 unspecified atom stereocenters. The molecular weight excluding hydrogens is 142 g/mol. The largest absolute Gasteiger partial charge is 0.298 e. The third kappa shape index (κ3) is 1.11. The summed E-state index contributed by atoms with van der Waals surface area (Å²) in [6.45, 7) is 3.48. The summed E-state index contributed by atoms with van der Waals surface area (Å²) in [4.78, 5) is 26.1. The first-order valence-electron chi connectivity index (χ1n) is 3.62. The molecule has 0 atom stereocenters. The summed E-state index contributed by atoms with van der Waals surface area (Å²) in [7, 11) is 0. The van der Waals surface area contributed by atoms with E-state index in [2.05, 4.69) is 4.99 Å². The molecule has 1 aliphatic rings. The van der Waals surface area contributed by atoms with Crippen LogP contribution in [0.3, 0.4) is 0 Å². The van der Waals surface area contributed by atoms with Gasteiger partial charge in [0.2, 0.25) is 0 Å². The predicted octanol–water partition coefficient (Wildman–Crippen LogP) is 0.625. The van der Waals surface area contributed by atoms with Gasteiger partial charge < -0.3 is 0 Å². The van der Waals surface area contributed by atoms with Crippen molar-refractivity contribution in [3.05, 3.63) is 0 Å². The number of carbonyl (C=O) groups excluding carboxylic acids is 2. The van der Waals surface area contributed by atoms with Crippen LogP contribution in [0.5, 0.6) is 0 Å². The van der Waals surface area contributed by atoms with Gasteiger partial charge in [-0.05, 0) is 20.3 Å². The zero-order valence-corrected chi connectivity index (χ0v) is 6.76. The lowest BCUT2D eigenvalue weighted by atomic mass is 9.80. The van der Waals surface area contributed by atoms with E-state index in [9.17, 15) is 9.59 Å². The normalized spacial score (nSPS) is 20.2. The quantitative estimate of drug-likeness (QED) is 0.546. The average molecular weight is 153 g/mol. The monoisotopic (exact) mass is 153 g/mol. The lowest BCUT2D eigenvalue weighted by Crippen LogP contribution is -2.36. The number of aliphatic imine (C=N–C) groups is 1. The van der Waals surface area contributed by atoms with E-state index in [-0.39, 0.29) is 11.6 Å². The van der Waals surface area contributed by atoms with Crippen LogP contribution in [0.15, 0.2) is 4.99 Å². The van der Waals surface area contributed by atoms with Gasteiger partial charge >= 0.3 is 0 Å². The van der Waals surface area contributed by atoms with Crippen LogP contribution in [-0.4, -0.2) is 24.3 Å². The fourth-order valence-corrected chi connectivity index (χ4v) is 1.31. The minimum Gasteiger partial charge on any atom is -0.298 e. The van der Waals surface area contributed by atoms with Crippen molar-refractivity contribution in [2.24, 2.45) is 10.4 Å². The Morgan fingerprint density at radius 3 is 2.09 bits per heavy atom. The molecule has 0 N–H and O–H groups in total. The van der Waals surface area contributed by atoms with Crippen LogP contribution in [0, 0.1) is 5.41 Å². The predicted molar refractivity (Wildman–Crippen MR) is 41.8 cm³/mol. The van der Waals surface area contributed by atoms with Gasteiger partial charge in [-0.3, -0.25) is 14.6 Å². The first-order chi connectivity index (χ1) is 5.09. The summed E-state index contributed by atoms with van der Waals surface area (Å²) >= 11 is 0. The summed E-state index contributed by atoms with van der Waals surface area (Å²) in [5.74, 6) is -0.183. The highest BCUT2D eigenvalue weighted by molar-refractivity contribution is 6.18. The highest BCUT2D eigenvalue weighted by Gasteiger charge is 2.40. The number of ketones is 2. The molecule has 11 heavy (non-hydrogen) atoms. The van der Waals surface area contributed by atoms with Crippen LogP contribution in [0.1, 0.15) is 20.3 Å². The third-order valence-corrected chi connectivity index (χ3v) is 2.20. The Bertz CT molecular complexity index is 216. The molecule has 3 heteroatoms. The second-order valence-corrected chi connectivity index (χ2v) is 2.87. The Kier molecular flexibility index (Phi) is 1.89. The van der Waals surface area contributed by atoms with Crippen LogP contribution in [0.4, 0.5) is 0 Å². The Hall–Kier alpha value is -0.990. The number of hydrogen-bond acceptors (Lipinski definition) is 3. The lowest BCUT2D eigenvalue weighted by molar-refractivity contribution is -0.133. The summed E-state index contributed by atoms with van der Waals surface area (Å²) in [5.41, 5.74) is -0.875. The molecule has 1 heterocycles. The van der Waals surface area contributed by atoms with E-state index in [0.29, 0.717) is 13.0 Å². The summed E-state index contributed by atoms with van der Waals surface area (Å²) in [6.07, 6.45) is 2.05. The van der Waals surface area contributed by atoms with Crippen molar-refractivity contribution >= 4 is 17.8 Å². The second kappa shape index (κ2) is 2.57. The highest BCUT2D eigenvalue weighted by Crippen LogP contribution is 2.26. The van der Waals surface area contributed by atoms with Crippen molar-refractivity contribution in [1.82, 2.24) is 0 Å². The first kappa shape index (κ1) is 8.11. The number of nitrogens with zero attached hydrogens (tertiary/aromatic N) is 1. The zero-order chi connectivity index (χ0) is 8.48. The van der Waals surface area contributed by atoms with Crippen molar-refractivity contribution in [3.8, 4) is 0 Å². The molecule has 60 valence electrons. The number of Topliss-reactive ketones (excluding diaryl/α,β-unsaturated/α-hetero) is 2. The van der Waals surface area contributed by atoms with Crippen LogP contribution in [0.2, 0.25) is 0 Å². The van der Waals surface area contributed by atoms with Crippen LogP contribution in [0.25, 0.3) is 0 Å². The molecule has 0 aliphatic carbocycles. The molecule has 0 fully saturated rings. The summed E-state index contributed by atoms with van der Waals surface area (Å²) < 4.78 is 0. The summed E-state index contributed by atoms with van der Waals surface area (Å²) in [6, 6.07) is 0. The highest BCUT2D eigenvalue weighted by atomic mass is 16.2. The molecule has 3 nitrogen and oxygen atoms in total. The average Bonchev–Trinajstić information content (AvgIpc) is 2.34. The van der Waals surface area contributed by atoms with Gasteiger partial charge in [0.25, 0.3) is 0 Å². The molecule has 1 rings (SSSR count). The van der Waals surface area contributed by atoms with E-state index in [1.165, 1.54) is 20.1 Å². The number of rotatable bonds is 2. The van der Waals surface area contributed by atoms with Gasteiger partial charge in [-0.25, -0.2) is 0 Å². The van der Waals surface area contributed by atoms with E-state index in [0.717, 1.165) is 0 Å². The van der Waals surface area contributed by atoms with Crippen molar-refractivity contribution in [1.29, 1.82) is 0 Å². The van der Waals surface area contributed by atoms with Crippen LogP contribution >= 0.6 is 0 Å². The van der Waals surface area contributed by atoms with Crippen LogP contribution < -0.4 is 0 Å². The molecule has 0 radical (unpaired) electrons. The minimum atomic E-state index is -0.875. The topological polar surface area (TPSA) is 46.5 Å². The fraction of sp³-hybridized carbons (Fsp3) is 0.625. The molecule has 0 bridgehead atoms. The Labute approximate surface area is 65.5 Å². The van der Waals surface area contributed by atoms with E-state index in [1.54, 1.807) is 0 Å². The second-order valence-electron chi connectivity index (χ2n) is 2.87. The molecular formula is C8H11NO2. The molecule has 0 aromatic carbocycles. The van der Waals surface area contributed by atoms with Crippen molar-refractivity contribution < 1.29 is 9.59 Å². The number of carbonyl (C=O) groups is 2. The van der Waals surface area contributed by atoms with E-state index in [4.69, 9.17) is 0 Å². The minimum absolute atomic E-state index is 0.0914. The number of hydrogen-bond donors (Lipinski definition) is 0. The Balaban J connectivity index is 2.98. The zero-order valence-electron chi connectivity index (χ0n) is 6.76. The maximum absolute atomic E-state index is 11.1. The van der Waals surface area contributed by atoms with Gasteiger partial charge in [-0.2, -0.15) is 0 Å². The van der Waals surface area contributed by atoms with Crippen molar-refractivity contribution in [3.63, 3.8) is 0 Å². The molecule has 0 aromatic heterocycles. The van der Waals surface area contributed by atoms with Gasteiger partial charge in [0, 0.05) is 12.8 Å². The van der Waals surface area contributed by atoms with Gasteiger partial charge in [0.1, 0.15) is 17.0 Å². The van der Waals surface area contributed by atoms with Gasteiger partial charge in [0.15, 0.2) is 0 Å². The molecule has 0 amide bonds. The first-order valence-corrected chi connectivity index (χ1v) is 3.62. The van der Waals surface area contributed by atoms with Gasteiger partial charge in [-0.1, -0.05) is 0 Å². The third-order valence-electron chi connectivity index (χ3n) is 2.20. The molecule has 0 saturated heterocycles. The van der Waals surface area contributed by atoms with E-state index < -0.39 is 5.41 Å². The fourth-order valence-electron chi connectivity index (χ4n) is 1.31. The molecule has 0 aromatic rings. The molecule has 1 aliphatic heterocycles. The standard InChI is InChI=1S/C8H11NO2/c1-6(10)8(7(2)11)3-4-9-5-8/h5H,3-4H2,1-2H3. The smallest absolute Gasteiger partial charge is 0.148 e. The van der Waals surface area contributed by atoms with Gasteiger partial charge in [-0.15, -0.1) is 0 Å². The van der Waals surface area contributed by atoms with Gasteiger partial charge in [0.05, 0.1) is 0 Å². The SMILES string of the molecule is CC(=O)C1(C(C)=O)C=NCC1. The maximum atomic E-state index is 11.1. The molecule has 0 spiro atoms. The van der Waals surface area contributed by atoms with E-state index >= 15 is 0 Å². The Morgan fingerprint density at radius 1 is 1.36 bits per heavy atom. The van der Waals surface area contributed by atoms with Crippen LogP contribution in [-0.2, 0) is 9.59 Å².